The van der Waals surface area contributed by atoms with Crippen LogP contribution in [0, 0.1) is 11.8 Å². The molecule has 1 amide bonds. The van der Waals surface area contributed by atoms with E-state index in [-0.39, 0.29) is 48.1 Å². The summed E-state index contributed by atoms with van der Waals surface area (Å²) in [4.78, 5) is 15.8. The molecule has 8 nitrogen and oxygen atoms in total. The summed E-state index contributed by atoms with van der Waals surface area (Å²) < 4.78 is 26.6. The summed E-state index contributed by atoms with van der Waals surface area (Å²) in [5.74, 6) is 1.38. The van der Waals surface area contributed by atoms with Crippen molar-refractivity contribution in [3.05, 3.63) is 0 Å². The van der Waals surface area contributed by atoms with Crippen molar-refractivity contribution in [3.63, 3.8) is 0 Å². The second-order valence-corrected chi connectivity index (χ2v) is 8.64. The van der Waals surface area contributed by atoms with Gasteiger partial charge in [0, 0.05) is 32.1 Å². The molecule has 0 saturated heterocycles. The van der Waals surface area contributed by atoms with Crippen LogP contribution in [0.1, 0.15) is 39.0 Å². The summed E-state index contributed by atoms with van der Waals surface area (Å²) in [6.07, 6.45) is 5.42. The topological polar surface area (TPSA) is 112 Å². The third-order valence-electron chi connectivity index (χ3n) is 4.46. The molecule has 0 unspecified atom stereocenters. The lowest BCUT2D eigenvalue weighted by atomic mass is 9.86. The van der Waals surface area contributed by atoms with Gasteiger partial charge in [0.25, 0.3) is 0 Å². The smallest absolute Gasteiger partial charge is 0.223 e. The van der Waals surface area contributed by atoms with Crippen LogP contribution in [0.5, 0.6) is 0 Å². The Hall–Kier alpha value is -0.620. The highest BCUT2D eigenvalue weighted by Crippen LogP contribution is 2.28. The minimum Gasteiger partial charge on any atom is -0.357 e. The van der Waals surface area contributed by atoms with Crippen LogP contribution in [0.4, 0.5) is 0 Å². The Kier molecular flexibility index (Phi) is 10.8. The molecule has 2 saturated carbocycles. The summed E-state index contributed by atoms with van der Waals surface area (Å²) >= 11 is 0. The monoisotopic (exact) mass is 501 g/mol. The predicted octanol–water partition coefficient (Wildman–Crippen LogP) is 0.405. The van der Waals surface area contributed by atoms with E-state index in [0.717, 1.165) is 25.7 Å². The van der Waals surface area contributed by atoms with E-state index in [1.807, 2.05) is 6.92 Å². The van der Waals surface area contributed by atoms with Gasteiger partial charge >= 0.3 is 0 Å². The normalized spacial score (nSPS) is 17.8. The van der Waals surface area contributed by atoms with E-state index in [9.17, 15) is 13.2 Å². The Morgan fingerprint density at radius 1 is 1.08 bits per heavy atom. The van der Waals surface area contributed by atoms with Gasteiger partial charge in [0.15, 0.2) is 5.96 Å². The average molecular weight is 501 g/mol. The highest BCUT2D eigenvalue weighted by Gasteiger charge is 2.28. The molecule has 2 rings (SSSR count). The molecule has 0 spiro atoms. The molecule has 0 bridgehead atoms. The van der Waals surface area contributed by atoms with Crippen molar-refractivity contribution in [3.8, 4) is 0 Å². The Morgan fingerprint density at radius 3 is 2.35 bits per heavy atom. The van der Waals surface area contributed by atoms with Crippen LogP contribution in [0.3, 0.4) is 0 Å². The summed E-state index contributed by atoms with van der Waals surface area (Å²) in [7, 11) is -3.27. The van der Waals surface area contributed by atoms with Crippen LogP contribution in [0.2, 0.25) is 0 Å². The zero-order valence-electron chi connectivity index (χ0n) is 15.4. The van der Waals surface area contributed by atoms with Gasteiger partial charge in [-0.3, -0.25) is 9.79 Å². The number of hydrogen-bond donors (Lipinski definition) is 4. The van der Waals surface area contributed by atoms with Crippen molar-refractivity contribution in [1.29, 1.82) is 0 Å². The average Bonchev–Trinajstić information content (AvgIpc) is 3.34. The summed E-state index contributed by atoms with van der Waals surface area (Å²) in [6, 6.07) is 0. The van der Waals surface area contributed by atoms with Gasteiger partial charge in [0.1, 0.15) is 0 Å². The standard InChI is InChI=1S/C16H31N5O3S.HI/c1-2-17-16(19-9-8-18-15(22)14-6-7-14)20-10-11-25(23,24)21-12-13-4-3-5-13;/h13-14,21H,2-12H2,1H3,(H,18,22)(H2,17,19,20);1H. The zero-order chi connectivity index (χ0) is 18.1. The zero-order valence-corrected chi connectivity index (χ0v) is 18.6. The second kappa shape index (κ2) is 12.0. The number of sulfonamides is 1. The van der Waals surface area contributed by atoms with Gasteiger partial charge in [-0.25, -0.2) is 13.1 Å². The van der Waals surface area contributed by atoms with Crippen molar-refractivity contribution in [1.82, 2.24) is 20.7 Å². The van der Waals surface area contributed by atoms with Gasteiger partial charge in [-0.15, -0.1) is 24.0 Å². The summed E-state index contributed by atoms with van der Waals surface area (Å²) in [5, 5.41) is 9.04. The number of nitrogens with zero attached hydrogens (tertiary/aromatic N) is 1. The van der Waals surface area contributed by atoms with Gasteiger partial charge in [0.05, 0.1) is 12.3 Å². The van der Waals surface area contributed by atoms with E-state index < -0.39 is 10.0 Å². The Labute approximate surface area is 173 Å². The first-order valence-corrected chi connectivity index (χ1v) is 10.9. The molecule has 152 valence electrons. The molecule has 0 aromatic carbocycles. The van der Waals surface area contributed by atoms with E-state index in [1.165, 1.54) is 6.42 Å². The fourth-order valence-corrected chi connectivity index (χ4v) is 3.46. The predicted molar refractivity (Wildman–Crippen MR) is 114 cm³/mol. The van der Waals surface area contributed by atoms with Crippen LogP contribution >= 0.6 is 24.0 Å². The fraction of sp³-hybridized carbons (Fsp3) is 0.875. The Bertz CT molecular complexity index is 562. The first-order chi connectivity index (χ1) is 12.0. The molecule has 0 aromatic rings. The van der Waals surface area contributed by atoms with Crippen LogP contribution < -0.4 is 20.7 Å². The maximum Gasteiger partial charge on any atom is 0.223 e. The van der Waals surface area contributed by atoms with Crippen molar-refractivity contribution in [2.45, 2.75) is 39.0 Å². The number of carbonyl (C=O) groups excluding carboxylic acids is 1. The third-order valence-corrected chi connectivity index (χ3v) is 5.78. The molecule has 2 fully saturated rings. The third kappa shape index (κ3) is 9.36. The Morgan fingerprint density at radius 2 is 1.77 bits per heavy atom. The van der Waals surface area contributed by atoms with Gasteiger partial charge in [-0.1, -0.05) is 6.42 Å². The number of rotatable bonds is 11. The largest absolute Gasteiger partial charge is 0.357 e. The number of halogens is 1. The SMILES string of the molecule is CCNC(=NCCS(=O)(=O)NCC1CCC1)NCCNC(=O)C1CC1.I. The first kappa shape index (κ1) is 23.4. The fourth-order valence-electron chi connectivity index (χ4n) is 2.49. The number of carbonyl (C=O) groups is 1. The quantitative estimate of drug-likeness (QED) is 0.142. The Balaban J connectivity index is 0.00000338. The number of amides is 1. The minimum atomic E-state index is -3.27. The summed E-state index contributed by atoms with van der Waals surface area (Å²) in [6.45, 7) is 4.46. The van der Waals surface area contributed by atoms with Crippen molar-refractivity contribution >= 4 is 45.9 Å². The lowest BCUT2D eigenvalue weighted by molar-refractivity contribution is -0.122. The maximum atomic E-state index is 12.0. The number of guanidine groups is 1. The molecule has 4 N–H and O–H groups in total. The molecule has 2 aliphatic carbocycles. The van der Waals surface area contributed by atoms with Gasteiger partial charge in [-0.2, -0.15) is 0 Å². The van der Waals surface area contributed by atoms with Gasteiger partial charge in [-0.05, 0) is 38.5 Å². The van der Waals surface area contributed by atoms with Crippen molar-refractivity contribution in [2.24, 2.45) is 16.8 Å². The van der Waals surface area contributed by atoms with Crippen LogP contribution in [-0.4, -0.2) is 58.8 Å². The van der Waals surface area contributed by atoms with Crippen LogP contribution in [0.25, 0.3) is 0 Å². The molecule has 2 aliphatic rings. The molecule has 26 heavy (non-hydrogen) atoms. The van der Waals surface area contributed by atoms with Gasteiger partial charge in [0.2, 0.25) is 15.9 Å². The molecule has 0 atom stereocenters. The molecule has 0 aliphatic heterocycles. The van der Waals surface area contributed by atoms with E-state index in [2.05, 4.69) is 25.7 Å². The number of hydrogen-bond acceptors (Lipinski definition) is 4. The highest BCUT2D eigenvalue weighted by atomic mass is 127. The molecular formula is C16H32IN5O3S. The lowest BCUT2D eigenvalue weighted by Gasteiger charge is -2.25. The lowest BCUT2D eigenvalue weighted by Crippen LogP contribution is -2.42. The molecule has 0 radical (unpaired) electrons. The van der Waals surface area contributed by atoms with E-state index >= 15 is 0 Å². The maximum absolute atomic E-state index is 12.0. The molecular weight excluding hydrogens is 469 g/mol. The second-order valence-electron chi connectivity index (χ2n) is 6.72. The summed E-state index contributed by atoms with van der Waals surface area (Å²) in [5.41, 5.74) is 0. The van der Waals surface area contributed by atoms with Gasteiger partial charge < -0.3 is 16.0 Å². The molecule has 0 aromatic heterocycles. The van der Waals surface area contributed by atoms with E-state index in [4.69, 9.17) is 0 Å². The van der Waals surface area contributed by atoms with E-state index in [1.54, 1.807) is 0 Å². The molecule has 0 heterocycles. The van der Waals surface area contributed by atoms with Crippen LogP contribution in [-0.2, 0) is 14.8 Å². The molecule has 10 heteroatoms. The van der Waals surface area contributed by atoms with Crippen LogP contribution in [0.15, 0.2) is 4.99 Å². The van der Waals surface area contributed by atoms with Crippen molar-refractivity contribution in [2.75, 3.05) is 38.5 Å². The minimum absolute atomic E-state index is 0. The van der Waals surface area contributed by atoms with E-state index in [0.29, 0.717) is 38.1 Å². The number of aliphatic imine (C=N–C) groups is 1. The number of nitrogens with one attached hydrogen (secondary N) is 4. The first-order valence-electron chi connectivity index (χ1n) is 9.27. The highest BCUT2D eigenvalue weighted by molar-refractivity contribution is 14.0. The van der Waals surface area contributed by atoms with Crippen molar-refractivity contribution < 1.29 is 13.2 Å².